The minimum absolute atomic E-state index is 0.0630. The number of aliphatic hydroxyl groups is 2. The van der Waals surface area contributed by atoms with Gasteiger partial charge in [-0.1, -0.05) is 187 Å². The van der Waals surface area contributed by atoms with E-state index in [1.807, 2.05) is 6.08 Å². The van der Waals surface area contributed by atoms with Crippen molar-refractivity contribution in [3.05, 3.63) is 12.2 Å². The first-order valence-electron chi connectivity index (χ1n) is 18.4. The average Bonchev–Trinajstić information content (AvgIpc) is 2.97. The number of rotatable bonds is 33. The monoisotopic (exact) mass is 580 g/mol. The molecule has 0 aliphatic carbocycles. The summed E-state index contributed by atoms with van der Waals surface area (Å²) in [6, 6.07) is -0.613. The third kappa shape index (κ3) is 30.4. The molecule has 2 unspecified atom stereocenters. The molecule has 4 heteroatoms. The molecular weight excluding hydrogens is 506 g/mol. The van der Waals surface area contributed by atoms with Gasteiger partial charge in [-0.05, 0) is 19.3 Å². The fourth-order valence-electron chi connectivity index (χ4n) is 5.65. The van der Waals surface area contributed by atoms with Crippen molar-refractivity contribution in [1.29, 1.82) is 0 Å². The van der Waals surface area contributed by atoms with Crippen molar-refractivity contribution in [3.8, 4) is 0 Å². The number of nitrogens with one attached hydrogen (secondary N) is 1. The number of carbonyl (C=O) groups excluding carboxylic acids is 1. The van der Waals surface area contributed by atoms with Crippen LogP contribution in [0.4, 0.5) is 0 Å². The molecule has 0 aliphatic heterocycles. The summed E-state index contributed by atoms with van der Waals surface area (Å²) in [6.45, 7) is 4.30. The summed E-state index contributed by atoms with van der Waals surface area (Å²) in [7, 11) is 0. The van der Waals surface area contributed by atoms with Crippen LogP contribution in [0.5, 0.6) is 0 Å². The lowest BCUT2D eigenvalue weighted by atomic mass is 10.0. The number of allylic oxidation sites excluding steroid dienone is 1. The molecule has 1 amide bonds. The topological polar surface area (TPSA) is 69.6 Å². The van der Waals surface area contributed by atoms with Gasteiger partial charge in [-0.15, -0.1) is 0 Å². The molecule has 0 bridgehead atoms. The Morgan fingerprint density at radius 3 is 1.27 bits per heavy atom. The van der Waals surface area contributed by atoms with E-state index < -0.39 is 12.1 Å². The van der Waals surface area contributed by atoms with Gasteiger partial charge in [0.05, 0.1) is 18.8 Å². The zero-order valence-electron chi connectivity index (χ0n) is 27.8. The highest BCUT2D eigenvalue weighted by Gasteiger charge is 2.17. The standard InChI is InChI=1S/C37H73NO3/c1-3-5-7-9-11-13-15-16-17-18-19-20-21-23-25-27-29-31-33-37(41)38-35(34-39)36(40)32-30-28-26-24-22-14-12-10-8-6-4-2/h30,32,35-36,39-40H,3-29,31,33-34H2,1-2H3,(H,38,41)/b32-30+. The van der Waals surface area contributed by atoms with Gasteiger partial charge in [0, 0.05) is 6.42 Å². The van der Waals surface area contributed by atoms with Gasteiger partial charge in [0.1, 0.15) is 0 Å². The first kappa shape index (κ1) is 40.1. The molecule has 0 aromatic rings. The third-order valence-corrected chi connectivity index (χ3v) is 8.52. The third-order valence-electron chi connectivity index (χ3n) is 8.52. The molecule has 0 aliphatic rings. The van der Waals surface area contributed by atoms with Crippen molar-refractivity contribution in [2.24, 2.45) is 0 Å². The van der Waals surface area contributed by atoms with Gasteiger partial charge < -0.3 is 15.5 Å². The Balaban J connectivity index is 3.55. The van der Waals surface area contributed by atoms with Crippen LogP contribution in [0.3, 0.4) is 0 Å². The van der Waals surface area contributed by atoms with Crippen LogP contribution in [0.15, 0.2) is 12.2 Å². The van der Waals surface area contributed by atoms with Gasteiger partial charge in [0.2, 0.25) is 5.91 Å². The molecule has 41 heavy (non-hydrogen) atoms. The molecule has 0 spiro atoms. The number of carbonyl (C=O) groups is 1. The van der Waals surface area contributed by atoms with E-state index >= 15 is 0 Å². The van der Waals surface area contributed by atoms with Gasteiger partial charge in [0.25, 0.3) is 0 Å². The normalized spacial score (nSPS) is 13.2. The molecular formula is C37H73NO3. The average molecular weight is 580 g/mol. The second-order valence-corrected chi connectivity index (χ2v) is 12.7. The molecule has 0 aromatic carbocycles. The summed E-state index contributed by atoms with van der Waals surface area (Å²) in [4.78, 5) is 12.3. The first-order chi connectivity index (χ1) is 20.2. The molecule has 0 saturated heterocycles. The van der Waals surface area contributed by atoms with E-state index in [9.17, 15) is 15.0 Å². The quantitative estimate of drug-likeness (QED) is 0.0535. The lowest BCUT2D eigenvalue weighted by Crippen LogP contribution is -2.45. The molecule has 0 saturated carbocycles. The van der Waals surface area contributed by atoms with Crippen LogP contribution in [0.25, 0.3) is 0 Å². The van der Waals surface area contributed by atoms with Crippen molar-refractivity contribution < 1.29 is 15.0 Å². The van der Waals surface area contributed by atoms with E-state index in [1.54, 1.807) is 6.08 Å². The number of aliphatic hydroxyl groups excluding tert-OH is 2. The lowest BCUT2D eigenvalue weighted by molar-refractivity contribution is -0.123. The zero-order chi connectivity index (χ0) is 30.1. The maximum absolute atomic E-state index is 12.3. The van der Waals surface area contributed by atoms with E-state index in [0.29, 0.717) is 6.42 Å². The predicted molar refractivity (Wildman–Crippen MR) is 179 cm³/mol. The molecule has 4 nitrogen and oxygen atoms in total. The van der Waals surface area contributed by atoms with E-state index in [0.717, 1.165) is 25.7 Å². The van der Waals surface area contributed by atoms with Crippen LogP contribution in [0.2, 0.25) is 0 Å². The number of hydrogen-bond acceptors (Lipinski definition) is 3. The second kappa shape index (κ2) is 33.6. The highest BCUT2D eigenvalue weighted by atomic mass is 16.3. The van der Waals surface area contributed by atoms with Crippen molar-refractivity contribution in [2.75, 3.05) is 6.61 Å². The summed E-state index contributed by atoms with van der Waals surface area (Å²) in [5.74, 6) is -0.0630. The second-order valence-electron chi connectivity index (χ2n) is 12.7. The fraction of sp³-hybridized carbons (Fsp3) is 0.919. The Bertz CT molecular complexity index is 550. The number of hydrogen-bond donors (Lipinski definition) is 3. The largest absolute Gasteiger partial charge is 0.394 e. The van der Waals surface area contributed by atoms with E-state index in [2.05, 4.69) is 19.2 Å². The molecule has 244 valence electrons. The van der Waals surface area contributed by atoms with Gasteiger partial charge in [-0.2, -0.15) is 0 Å². The van der Waals surface area contributed by atoms with Gasteiger partial charge in [-0.3, -0.25) is 4.79 Å². The zero-order valence-corrected chi connectivity index (χ0v) is 27.8. The Hall–Kier alpha value is -0.870. The van der Waals surface area contributed by atoms with E-state index in [1.165, 1.54) is 154 Å². The molecule has 3 N–H and O–H groups in total. The molecule has 0 rings (SSSR count). The van der Waals surface area contributed by atoms with Crippen LogP contribution in [0, 0.1) is 0 Å². The van der Waals surface area contributed by atoms with Gasteiger partial charge in [0.15, 0.2) is 0 Å². The van der Waals surface area contributed by atoms with Crippen LogP contribution >= 0.6 is 0 Å². The number of unbranched alkanes of at least 4 members (excludes halogenated alkanes) is 26. The highest BCUT2D eigenvalue weighted by molar-refractivity contribution is 5.76. The van der Waals surface area contributed by atoms with Gasteiger partial charge in [-0.25, -0.2) is 0 Å². The van der Waals surface area contributed by atoms with Crippen LogP contribution < -0.4 is 5.32 Å². The molecule has 0 heterocycles. The molecule has 0 fully saturated rings. The van der Waals surface area contributed by atoms with Crippen molar-refractivity contribution >= 4 is 5.91 Å². The maximum Gasteiger partial charge on any atom is 0.220 e. The fourth-order valence-corrected chi connectivity index (χ4v) is 5.65. The lowest BCUT2D eigenvalue weighted by Gasteiger charge is -2.20. The molecule has 0 radical (unpaired) electrons. The summed E-state index contributed by atoms with van der Waals surface area (Å²) >= 11 is 0. The van der Waals surface area contributed by atoms with Crippen LogP contribution in [-0.4, -0.2) is 34.9 Å². The van der Waals surface area contributed by atoms with Gasteiger partial charge >= 0.3 is 0 Å². The van der Waals surface area contributed by atoms with E-state index in [4.69, 9.17) is 0 Å². The first-order valence-corrected chi connectivity index (χ1v) is 18.4. The maximum atomic E-state index is 12.3. The number of amides is 1. The minimum atomic E-state index is -0.831. The van der Waals surface area contributed by atoms with Crippen molar-refractivity contribution in [2.45, 2.75) is 212 Å². The summed E-state index contributed by atoms with van der Waals surface area (Å²) in [5.41, 5.74) is 0. The molecule has 0 aromatic heterocycles. The Labute approximate surface area is 256 Å². The summed E-state index contributed by atoms with van der Waals surface area (Å²) < 4.78 is 0. The van der Waals surface area contributed by atoms with Crippen molar-refractivity contribution in [1.82, 2.24) is 5.32 Å². The van der Waals surface area contributed by atoms with E-state index in [-0.39, 0.29) is 12.5 Å². The minimum Gasteiger partial charge on any atom is -0.394 e. The highest BCUT2D eigenvalue weighted by Crippen LogP contribution is 2.15. The summed E-state index contributed by atoms with van der Waals surface area (Å²) in [5, 5.41) is 22.8. The Morgan fingerprint density at radius 2 is 0.902 bits per heavy atom. The Kier molecular flexibility index (Phi) is 32.9. The smallest absolute Gasteiger partial charge is 0.220 e. The van der Waals surface area contributed by atoms with Crippen LogP contribution in [0.1, 0.15) is 200 Å². The van der Waals surface area contributed by atoms with Crippen LogP contribution in [-0.2, 0) is 4.79 Å². The summed E-state index contributed by atoms with van der Waals surface area (Å²) in [6.07, 6.45) is 40.1. The predicted octanol–water partition coefficient (Wildman–Crippen LogP) is 10.7. The molecule has 2 atom stereocenters. The SMILES string of the molecule is CCCCCCCCCCC/C=C/C(O)C(CO)NC(=O)CCCCCCCCCCCCCCCCCCCC. The Morgan fingerprint density at radius 1 is 0.561 bits per heavy atom. The van der Waals surface area contributed by atoms with Crippen molar-refractivity contribution in [3.63, 3.8) is 0 Å².